The summed E-state index contributed by atoms with van der Waals surface area (Å²) in [6, 6.07) is 76.0. The average Bonchev–Trinajstić information content (AvgIpc) is 0.746. The maximum Gasteiger partial charge on any atom is 0.177 e. The van der Waals surface area contributed by atoms with Gasteiger partial charge < -0.3 is 65.6 Å². The Morgan fingerprint density at radius 1 is 0.254 bits per heavy atom. The largest absolute Gasteiger partial charge is 0.494 e. The molecular weight excluding hydrogens is 1710 g/mol. The number of rotatable bonds is 11. The van der Waals surface area contributed by atoms with E-state index in [0.717, 1.165) is 314 Å². The minimum atomic E-state index is -0.434. The molecule has 0 radical (unpaired) electrons. The number of ether oxygens (including phenoxy) is 11. The lowest BCUT2D eigenvalue weighted by molar-refractivity contribution is -0.930. The second kappa shape index (κ2) is 41.1. The highest BCUT2D eigenvalue weighted by Crippen LogP contribution is 2.55. The van der Waals surface area contributed by atoms with E-state index in [1.54, 1.807) is 21.3 Å². The van der Waals surface area contributed by atoms with Crippen molar-refractivity contribution in [1.29, 1.82) is 0 Å². The van der Waals surface area contributed by atoms with Gasteiger partial charge in [-0.05, 0) is 266 Å². The molecular formula is C123H146N4O11+4. The fraction of sp³-hybridized carbons (Fsp3) is 0.447. The molecule has 33 heterocycles. The van der Waals surface area contributed by atoms with Crippen molar-refractivity contribution < 1.29 is 65.6 Å². The second-order valence-corrected chi connectivity index (χ2v) is 41.0. The second-order valence-electron chi connectivity index (χ2n) is 41.0. The minimum absolute atomic E-state index is 0.208. The van der Waals surface area contributed by atoms with Gasteiger partial charge in [-0.15, -0.1) is 0 Å². The molecule has 4 fully saturated rings. The number of hydrogen-bond acceptors (Lipinski definition) is 11. The normalized spacial score (nSPS) is 19.4. The van der Waals surface area contributed by atoms with Gasteiger partial charge in [0.1, 0.15) is 40.1 Å². The first kappa shape index (κ1) is 95.4. The van der Waals surface area contributed by atoms with Crippen molar-refractivity contribution in [1.82, 2.24) is 4.48 Å². The summed E-state index contributed by atoms with van der Waals surface area (Å²) in [4.78, 5) is 0. The van der Waals surface area contributed by atoms with Gasteiger partial charge in [0.25, 0.3) is 0 Å². The zero-order valence-corrected chi connectivity index (χ0v) is 84.1. The lowest BCUT2D eigenvalue weighted by Gasteiger charge is -2.48. The molecule has 15 nitrogen and oxygen atoms in total. The van der Waals surface area contributed by atoms with Gasteiger partial charge in [-0.3, -0.25) is 4.48 Å². The SMILES string of the molecule is CCC1(CC)CC[N+]2(CC1)c1cc3c(c(OC)c1)OCCCCOc1ccc4cc(ccc4c1)C1(CC[N+](CC)(CC)CC1)c1ccc(c(c1)C#Cc1cc4cc(OC)c1OCCCCOc1ccc5cc(ccc5c1)C1(CC[N+](CC)(CC)CC1)c1cc(c(c(OC)c1)OCCCCOc1ccc5cc(ccc5c1)C41CC[N+](CC)(CC)CC1)C#C3)OCCCCOc1ccc3cc2ccc3c1. The summed E-state index contributed by atoms with van der Waals surface area (Å²) in [6.07, 6.45) is 15.9. The number of hydrogen-bond donors (Lipinski definition) is 0. The smallest absolute Gasteiger partial charge is 0.177 e. The first-order valence-corrected chi connectivity index (χ1v) is 52.5. The minimum Gasteiger partial charge on any atom is -0.494 e. The van der Waals surface area contributed by atoms with Crippen LogP contribution < -0.4 is 56.6 Å². The zero-order chi connectivity index (χ0) is 95.1. The number of benzene rings is 12. The molecule has 15 heteroatoms. The monoisotopic (exact) mass is 1860 g/mol. The van der Waals surface area contributed by atoms with E-state index in [9.17, 15) is 0 Å². The molecule has 33 aliphatic rings. The van der Waals surface area contributed by atoms with Gasteiger partial charge in [0.05, 0.1) is 188 Å². The maximum atomic E-state index is 7.27. The van der Waals surface area contributed by atoms with E-state index >= 15 is 0 Å². The standard InChI is InChI=1S/C123H146N4O11/c1-12-120(13-2)50-64-127(65-51-120)107-44-35-96-85-112(48-39-92(96)80-107)131-66-20-24-70-135-113-49-43-104-77-97(113)28-29-98-78-105-86-114(128-9)117(98)136-71-25-21-67-132-110-47-38-91-76-103(42-34-95(91)84-110)123(56-62-126(18-7,19-8)63-57-123)106-79-99(118(115(87-106)129-10)137-72-26-22-68-133-111-46-37-90-75-102(41-33-94(90)83-111)122(105)54-60-125(16-5,17-6)61-55-122)30-31-100-81-108(127)88-116(130-11)119(100)138-73-27-23-69-134-109-45-36-89-74-101(40-32-93(89)82-109)121(104)52-58-124(14-3,15-4)59-53-121/h32-49,74-88H,12-27,50-73H2,1-11H3/q+4. The third-order valence-corrected chi connectivity index (χ3v) is 34.9. The molecule has 4 spiro atoms. The molecule has 0 aromatic heterocycles. The van der Waals surface area contributed by atoms with Crippen molar-refractivity contribution in [3.8, 4) is 86.9 Å². The zero-order valence-electron chi connectivity index (χ0n) is 84.1. The summed E-state index contributed by atoms with van der Waals surface area (Å²) in [7, 11) is 5.37. The van der Waals surface area contributed by atoms with E-state index < -0.39 is 10.8 Å². The van der Waals surface area contributed by atoms with Crippen LogP contribution in [0.5, 0.6) is 63.2 Å². The van der Waals surface area contributed by atoms with Crippen LogP contribution in [0.1, 0.15) is 227 Å². The van der Waals surface area contributed by atoms with E-state index in [2.05, 4.69) is 279 Å². The molecule has 0 unspecified atom stereocenters. The predicted octanol–water partition coefficient (Wildman–Crippen LogP) is 26.1. The summed E-state index contributed by atoms with van der Waals surface area (Å²) in [5.41, 5.74) is 11.9. The molecule has 28 bridgehead atoms. The summed E-state index contributed by atoms with van der Waals surface area (Å²) < 4.78 is 80.1. The third-order valence-electron chi connectivity index (χ3n) is 34.9. The van der Waals surface area contributed by atoms with Crippen molar-refractivity contribution in [3.05, 3.63) is 256 Å². The molecule has 12 aromatic rings. The highest BCUT2D eigenvalue weighted by Gasteiger charge is 2.50. The average molecular weight is 1860 g/mol. The van der Waals surface area contributed by atoms with Gasteiger partial charge in [-0.2, -0.15) is 0 Å². The molecule has 33 aliphatic heterocycles. The third kappa shape index (κ3) is 18.8. The molecule has 0 aliphatic carbocycles. The van der Waals surface area contributed by atoms with E-state index in [1.165, 1.54) is 38.9 Å². The summed E-state index contributed by atoms with van der Waals surface area (Å²) in [6.45, 7) is 37.1. The summed E-state index contributed by atoms with van der Waals surface area (Å²) in [5, 5.41) is 9.16. The number of likely N-dealkylation sites (tertiary alicyclic amines) is 3. The van der Waals surface area contributed by atoms with E-state index in [-0.39, 0.29) is 10.8 Å². The first-order valence-electron chi connectivity index (χ1n) is 52.5. The van der Waals surface area contributed by atoms with Crippen molar-refractivity contribution in [2.45, 2.75) is 187 Å². The Morgan fingerprint density at radius 2 is 0.543 bits per heavy atom. The van der Waals surface area contributed by atoms with E-state index in [0.29, 0.717) is 98.3 Å². The Balaban J connectivity index is 0.823. The van der Waals surface area contributed by atoms with Gasteiger partial charge in [0, 0.05) is 91.9 Å². The van der Waals surface area contributed by atoms with Crippen LogP contribution in [0.2, 0.25) is 0 Å². The molecule has 138 heavy (non-hydrogen) atoms. The highest BCUT2D eigenvalue weighted by atomic mass is 16.5. The van der Waals surface area contributed by atoms with Crippen LogP contribution in [-0.4, -0.2) is 179 Å². The molecule has 720 valence electrons. The van der Waals surface area contributed by atoms with Gasteiger partial charge in [0.15, 0.2) is 34.5 Å². The van der Waals surface area contributed by atoms with Gasteiger partial charge in [-0.1, -0.05) is 135 Å². The number of methoxy groups -OCH3 is 3. The molecule has 0 atom stereocenters. The fourth-order valence-electron chi connectivity index (χ4n) is 24.6. The topological polar surface area (TPSA) is 102 Å². The van der Waals surface area contributed by atoms with Crippen molar-refractivity contribution in [3.63, 3.8) is 0 Å². The molecule has 0 amide bonds. The van der Waals surface area contributed by atoms with Crippen molar-refractivity contribution >= 4 is 54.5 Å². The summed E-state index contributed by atoms with van der Waals surface area (Å²) in [5.74, 6) is 23.7. The predicted molar refractivity (Wildman–Crippen MR) is 561 cm³/mol. The van der Waals surface area contributed by atoms with Crippen LogP contribution in [-0.2, 0) is 16.2 Å². The Bertz CT molecular complexity index is 6450. The lowest BCUT2D eigenvalue weighted by Crippen LogP contribution is -2.56. The molecule has 45 rings (SSSR count). The Hall–Kier alpha value is -11.6. The van der Waals surface area contributed by atoms with E-state index in [4.69, 9.17) is 52.1 Å². The van der Waals surface area contributed by atoms with Crippen molar-refractivity contribution in [2.75, 3.05) is 166 Å². The Kier molecular flexibility index (Phi) is 28.4. The first-order chi connectivity index (χ1) is 67.5. The number of nitrogens with zero attached hydrogens (tertiary/aromatic N) is 4. The lowest BCUT2D eigenvalue weighted by atomic mass is 9.66. The Labute approximate surface area is 820 Å². The molecule has 0 saturated carbocycles. The number of quaternary nitrogens is 4. The van der Waals surface area contributed by atoms with Crippen LogP contribution in [0.3, 0.4) is 0 Å². The van der Waals surface area contributed by atoms with Gasteiger partial charge >= 0.3 is 0 Å². The Morgan fingerprint density at radius 3 is 0.906 bits per heavy atom. The quantitative estimate of drug-likeness (QED) is 0.0914. The fourth-order valence-corrected chi connectivity index (χ4v) is 24.6. The molecule has 0 N–H and O–H groups in total. The van der Waals surface area contributed by atoms with Crippen LogP contribution in [0.25, 0.3) is 43.1 Å². The molecule has 12 aromatic carbocycles. The van der Waals surface area contributed by atoms with Gasteiger partial charge in [0.2, 0.25) is 0 Å². The number of piperidine rings is 4. The van der Waals surface area contributed by atoms with E-state index in [1.807, 2.05) is 0 Å². The van der Waals surface area contributed by atoms with Gasteiger partial charge in [-0.25, -0.2) is 0 Å². The highest BCUT2D eigenvalue weighted by molar-refractivity contribution is 5.90. The van der Waals surface area contributed by atoms with Crippen molar-refractivity contribution in [2.24, 2.45) is 5.41 Å². The summed E-state index contributed by atoms with van der Waals surface area (Å²) >= 11 is 0. The van der Waals surface area contributed by atoms with Crippen LogP contribution in [0, 0.1) is 29.1 Å². The van der Waals surface area contributed by atoms with Crippen LogP contribution >= 0.6 is 0 Å². The maximum absolute atomic E-state index is 7.27. The van der Waals surface area contributed by atoms with Crippen LogP contribution in [0.15, 0.2) is 200 Å². The molecule has 4 saturated heterocycles. The van der Waals surface area contributed by atoms with Crippen LogP contribution in [0.4, 0.5) is 11.4 Å².